The van der Waals surface area contributed by atoms with E-state index in [1.807, 2.05) is 13.0 Å². The highest BCUT2D eigenvalue weighted by molar-refractivity contribution is 7.18. The van der Waals surface area contributed by atoms with Crippen LogP contribution in [-0.2, 0) is 4.74 Å². The van der Waals surface area contributed by atoms with Crippen molar-refractivity contribution in [3.63, 3.8) is 0 Å². The highest BCUT2D eigenvalue weighted by atomic mass is 32.1. The van der Waals surface area contributed by atoms with E-state index in [-0.39, 0.29) is 6.61 Å². The quantitative estimate of drug-likeness (QED) is 0.719. The number of hydrogen-bond donors (Lipinski definition) is 3. The van der Waals surface area contributed by atoms with Crippen LogP contribution in [0, 0.1) is 6.92 Å². The maximum Gasteiger partial charge on any atom is 0.404 e. The standard InChI is InChI=1S/C11H15N5O2S/c1-6-5-7-8(14-3-4-18-10(12)17)15-11(13-2)16-9(7)19-6/h5H,3-4H2,1-2H3,(H2,12,17)(H2,13,14,15,16). The van der Waals surface area contributed by atoms with Crippen LogP contribution in [0.1, 0.15) is 4.88 Å². The van der Waals surface area contributed by atoms with Crippen molar-refractivity contribution in [2.45, 2.75) is 6.92 Å². The van der Waals surface area contributed by atoms with Crippen LogP contribution in [-0.4, -0.2) is 36.3 Å². The summed E-state index contributed by atoms with van der Waals surface area (Å²) in [5.74, 6) is 1.26. The molecule has 7 nitrogen and oxygen atoms in total. The molecule has 19 heavy (non-hydrogen) atoms. The molecule has 0 unspecified atom stereocenters. The van der Waals surface area contributed by atoms with E-state index in [2.05, 4.69) is 25.3 Å². The first-order valence-electron chi connectivity index (χ1n) is 5.72. The van der Waals surface area contributed by atoms with E-state index >= 15 is 0 Å². The van der Waals surface area contributed by atoms with E-state index < -0.39 is 6.09 Å². The minimum absolute atomic E-state index is 0.193. The molecular weight excluding hydrogens is 266 g/mol. The number of amides is 1. The summed E-state index contributed by atoms with van der Waals surface area (Å²) in [6.45, 7) is 2.65. The van der Waals surface area contributed by atoms with E-state index in [4.69, 9.17) is 5.73 Å². The first kappa shape index (κ1) is 13.3. The molecule has 2 aromatic heterocycles. The maximum absolute atomic E-state index is 10.5. The number of nitrogens with zero attached hydrogens (tertiary/aromatic N) is 2. The lowest BCUT2D eigenvalue weighted by Gasteiger charge is -2.08. The fraction of sp³-hybridized carbons (Fsp3) is 0.364. The molecule has 0 aromatic carbocycles. The molecule has 102 valence electrons. The highest BCUT2D eigenvalue weighted by Gasteiger charge is 2.09. The average molecular weight is 281 g/mol. The number of carbonyl (C=O) groups is 1. The summed E-state index contributed by atoms with van der Waals surface area (Å²) in [7, 11) is 1.77. The predicted molar refractivity (Wildman–Crippen MR) is 75.7 cm³/mol. The van der Waals surface area contributed by atoms with Gasteiger partial charge in [-0.05, 0) is 13.0 Å². The molecule has 1 amide bonds. The van der Waals surface area contributed by atoms with Crippen LogP contribution in [0.3, 0.4) is 0 Å². The number of primary amides is 1. The fourth-order valence-corrected chi connectivity index (χ4v) is 2.49. The lowest BCUT2D eigenvalue weighted by Crippen LogP contribution is -2.18. The summed E-state index contributed by atoms with van der Waals surface area (Å²) >= 11 is 1.60. The Morgan fingerprint density at radius 3 is 3.00 bits per heavy atom. The number of nitrogens with two attached hydrogens (primary N) is 1. The summed E-state index contributed by atoms with van der Waals surface area (Å²) in [6.07, 6.45) is -0.781. The molecule has 4 N–H and O–H groups in total. The van der Waals surface area contributed by atoms with Crippen molar-refractivity contribution in [2.24, 2.45) is 5.73 Å². The molecule has 0 radical (unpaired) electrons. The second-order valence-corrected chi connectivity index (χ2v) is 5.05. The van der Waals surface area contributed by atoms with Gasteiger partial charge in [0.15, 0.2) is 0 Å². The van der Waals surface area contributed by atoms with Crippen molar-refractivity contribution in [3.05, 3.63) is 10.9 Å². The molecule has 0 aliphatic rings. The molecule has 2 aromatic rings. The van der Waals surface area contributed by atoms with Gasteiger partial charge >= 0.3 is 6.09 Å². The second-order valence-electron chi connectivity index (χ2n) is 3.82. The zero-order chi connectivity index (χ0) is 13.8. The van der Waals surface area contributed by atoms with E-state index in [9.17, 15) is 4.79 Å². The topological polar surface area (TPSA) is 102 Å². The third kappa shape index (κ3) is 3.22. The predicted octanol–water partition coefficient (Wildman–Crippen LogP) is 1.55. The van der Waals surface area contributed by atoms with Crippen molar-refractivity contribution in [1.82, 2.24) is 9.97 Å². The Labute approximate surface area is 114 Å². The summed E-state index contributed by atoms with van der Waals surface area (Å²) in [4.78, 5) is 21.3. The van der Waals surface area contributed by atoms with Gasteiger partial charge in [-0.3, -0.25) is 0 Å². The molecular formula is C11H15N5O2S. The number of aromatic nitrogens is 2. The molecule has 2 rings (SSSR count). The first-order valence-corrected chi connectivity index (χ1v) is 6.54. The summed E-state index contributed by atoms with van der Waals surface area (Å²) in [5.41, 5.74) is 4.89. The molecule has 0 spiro atoms. The monoisotopic (exact) mass is 281 g/mol. The summed E-state index contributed by atoms with van der Waals surface area (Å²) in [5, 5.41) is 6.99. The molecule has 0 fully saturated rings. The van der Waals surface area contributed by atoms with Crippen molar-refractivity contribution in [2.75, 3.05) is 30.8 Å². The van der Waals surface area contributed by atoms with Crippen LogP contribution in [0.2, 0.25) is 0 Å². The zero-order valence-corrected chi connectivity index (χ0v) is 11.5. The van der Waals surface area contributed by atoms with Crippen LogP contribution >= 0.6 is 11.3 Å². The maximum atomic E-state index is 10.5. The molecule has 0 saturated heterocycles. The first-order chi connectivity index (χ1) is 9.10. The van der Waals surface area contributed by atoms with Crippen molar-refractivity contribution >= 4 is 39.4 Å². The van der Waals surface area contributed by atoms with Gasteiger partial charge in [-0.25, -0.2) is 9.78 Å². The van der Waals surface area contributed by atoms with E-state index in [1.54, 1.807) is 18.4 Å². The lowest BCUT2D eigenvalue weighted by atomic mass is 10.3. The molecule has 2 heterocycles. The largest absolute Gasteiger partial charge is 0.448 e. The Balaban J connectivity index is 2.17. The molecule has 0 atom stereocenters. The van der Waals surface area contributed by atoms with E-state index in [0.717, 1.165) is 15.1 Å². The number of anilines is 2. The van der Waals surface area contributed by atoms with Gasteiger partial charge in [0.2, 0.25) is 5.95 Å². The van der Waals surface area contributed by atoms with Gasteiger partial charge in [0, 0.05) is 11.9 Å². The van der Waals surface area contributed by atoms with Gasteiger partial charge in [-0.2, -0.15) is 4.98 Å². The number of nitrogens with one attached hydrogen (secondary N) is 2. The zero-order valence-electron chi connectivity index (χ0n) is 10.7. The average Bonchev–Trinajstić information content (AvgIpc) is 2.74. The minimum atomic E-state index is -0.781. The van der Waals surface area contributed by atoms with Gasteiger partial charge in [0.05, 0.1) is 11.9 Å². The lowest BCUT2D eigenvalue weighted by molar-refractivity contribution is 0.161. The Morgan fingerprint density at radius 2 is 2.32 bits per heavy atom. The van der Waals surface area contributed by atoms with Gasteiger partial charge < -0.3 is 21.1 Å². The Hall–Kier alpha value is -2.09. The molecule has 0 aliphatic carbocycles. The number of hydrogen-bond acceptors (Lipinski definition) is 7. The Morgan fingerprint density at radius 1 is 1.53 bits per heavy atom. The van der Waals surface area contributed by atoms with E-state index in [1.165, 1.54) is 0 Å². The van der Waals surface area contributed by atoms with Gasteiger partial charge in [0.25, 0.3) is 0 Å². The van der Waals surface area contributed by atoms with Crippen LogP contribution in [0.25, 0.3) is 10.2 Å². The normalized spacial score (nSPS) is 10.4. The molecule has 0 bridgehead atoms. The number of ether oxygens (including phenoxy) is 1. The molecule has 8 heteroatoms. The number of aryl methyl sites for hydroxylation is 1. The highest BCUT2D eigenvalue weighted by Crippen LogP contribution is 2.29. The smallest absolute Gasteiger partial charge is 0.404 e. The number of rotatable bonds is 5. The van der Waals surface area contributed by atoms with Crippen LogP contribution in [0.4, 0.5) is 16.6 Å². The van der Waals surface area contributed by atoms with Crippen molar-refractivity contribution in [3.8, 4) is 0 Å². The van der Waals surface area contributed by atoms with Crippen molar-refractivity contribution in [1.29, 1.82) is 0 Å². The third-order valence-electron chi connectivity index (χ3n) is 2.38. The minimum Gasteiger partial charge on any atom is -0.448 e. The third-order valence-corrected chi connectivity index (χ3v) is 3.32. The number of fused-ring (bicyclic) bond motifs is 1. The molecule has 0 aliphatic heterocycles. The Kier molecular flexibility index (Phi) is 4.00. The SMILES string of the molecule is CNc1nc(NCCOC(N)=O)c2cc(C)sc2n1. The Bertz CT molecular complexity index is 598. The summed E-state index contributed by atoms with van der Waals surface area (Å²) < 4.78 is 4.66. The van der Waals surface area contributed by atoms with Crippen LogP contribution < -0.4 is 16.4 Å². The second kappa shape index (κ2) is 5.70. The molecule has 0 saturated carbocycles. The number of carbonyl (C=O) groups excluding carboxylic acids is 1. The fourth-order valence-electron chi connectivity index (χ4n) is 1.61. The van der Waals surface area contributed by atoms with Gasteiger partial charge in [0.1, 0.15) is 17.3 Å². The van der Waals surface area contributed by atoms with Crippen molar-refractivity contribution < 1.29 is 9.53 Å². The van der Waals surface area contributed by atoms with Crippen LogP contribution in [0.5, 0.6) is 0 Å². The van der Waals surface area contributed by atoms with E-state index in [0.29, 0.717) is 18.3 Å². The summed E-state index contributed by atoms with van der Waals surface area (Å²) in [6, 6.07) is 2.02. The van der Waals surface area contributed by atoms with Gasteiger partial charge in [-0.15, -0.1) is 11.3 Å². The van der Waals surface area contributed by atoms with Crippen LogP contribution in [0.15, 0.2) is 6.07 Å². The number of thiophene rings is 1. The van der Waals surface area contributed by atoms with Gasteiger partial charge in [-0.1, -0.05) is 0 Å².